The van der Waals surface area contributed by atoms with Gasteiger partial charge in [-0.15, -0.1) is 12.4 Å². The van der Waals surface area contributed by atoms with Crippen LogP contribution in [0.2, 0.25) is 5.02 Å². The van der Waals surface area contributed by atoms with Crippen LogP contribution in [0, 0.1) is 10.1 Å². The minimum absolute atomic E-state index is 0. The number of alkyl halides is 3. The number of piperazine rings is 1. The largest absolute Gasteiger partial charge is 0.405 e. The first-order chi connectivity index (χ1) is 11.7. The molecule has 0 bridgehead atoms. The number of nitro groups is 1. The third-order valence-electron chi connectivity index (χ3n) is 3.78. The Bertz CT molecular complexity index is 655. The van der Waals surface area contributed by atoms with Crippen LogP contribution in [-0.4, -0.2) is 60.7 Å². The van der Waals surface area contributed by atoms with Crippen molar-refractivity contribution in [2.75, 3.05) is 32.7 Å². The number of hydrogen-bond acceptors (Lipinski definition) is 5. The van der Waals surface area contributed by atoms with Gasteiger partial charge in [0.1, 0.15) is 6.04 Å². The van der Waals surface area contributed by atoms with Gasteiger partial charge in [-0.1, -0.05) is 11.6 Å². The van der Waals surface area contributed by atoms with Crippen molar-refractivity contribution < 1.29 is 22.9 Å². The Balaban J connectivity index is 0.00000338. The number of amides is 1. The van der Waals surface area contributed by atoms with E-state index in [1.807, 2.05) is 0 Å². The Morgan fingerprint density at radius 1 is 1.35 bits per heavy atom. The summed E-state index contributed by atoms with van der Waals surface area (Å²) in [6.07, 6.45) is -4.51. The fraction of sp³-hybridized carbons (Fsp3) is 0.500. The minimum Gasteiger partial charge on any atom is -0.350 e. The average Bonchev–Trinajstić information content (AvgIpc) is 2.54. The Kier molecular flexibility index (Phi) is 8.07. The van der Waals surface area contributed by atoms with Crippen LogP contribution >= 0.6 is 24.0 Å². The van der Waals surface area contributed by atoms with Crippen molar-refractivity contribution in [1.29, 1.82) is 0 Å². The number of rotatable bonds is 5. The molecule has 1 unspecified atom stereocenters. The second kappa shape index (κ2) is 9.36. The fourth-order valence-electron chi connectivity index (χ4n) is 2.55. The lowest BCUT2D eigenvalue weighted by molar-refractivity contribution is -0.384. The van der Waals surface area contributed by atoms with Gasteiger partial charge in [-0.2, -0.15) is 13.2 Å². The van der Waals surface area contributed by atoms with Crippen LogP contribution in [0.5, 0.6) is 0 Å². The van der Waals surface area contributed by atoms with Crippen LogP contribution in [0.3, 0.4) is 0 Å². The van der Waals surface area contributed by atoms with E-state index in [0.29, 0.717) is 13.1 Å². The summed E-state index contributed by atoms with van der Waals surface area (Å²) in [4.78, 5) is 23.4. The first-order valence-corrected chi connectivity index (χ1v) is 7.81. The molecule has 1 aromatic rings. The average molecular weight is 417 g/mol. The Morgan fingerprint density at radius 2 is 1.96 bits per heavy atom. The van der Waals surface area contributed by atoms with Crippen LogP contribution in [0.25, 0.3) is 0 Å². The van der Waals surface area contributed by atoms with E-state index in [2.05, 4.69) is 10.6 Å². The molecule has 1 saturated heterocycles. The summed E-state index contributed by atoms with van der Waals surface area (Å²) >= 11 is 5.72. The molecule has 0 radical (unpaired) electrons. The molecule has 1 amide bonds. The van der Waals surface area contributed by atoms with Gasteiger partial charge in [-0.05, 0) is 6.07 Å². The highest BCUT2D eigenvalue weighted by Crippen LogP contribution is 2.25. The quantitative estimate of drug-likeness (QED) is 0.567. The summed E-state index contributed by atoms with van der Waals surface area (Å²) in [7, 11) is 0. The number of nitrogens with zero attached hydrogens (tertiary/aromatic N) is 2. The number of hydrogen-bond donors (Lipinski definition) is 2. The zero-order valence-electron chi connectivity index (χ0n) is 13.4. The van der Waals surface area contributed by atoms with Gasteiger partial charge in [0, 0.05) is 55.4 Å². The number of nitro benzene ring substituents is 1. The van der Waals surface area contributed by atoms with Crippen molar-refractivity contribution >= 4 is 35.6 Å². The number of carbonyl (C=O) groups is 1. The van der Waals surface area contributed by atoms with E-state index >= 15 is 0 Å². The monoisotopic (exact) mass is 416 g/mol. The third kappa shape index (κ3) is 5.97. The van der Waals surface area contributed by atoms with E-state index in [9.17, 15) is 28.1 Å². The van der Waals surface area contributed by atoms with Gasteiger partial charge in [-0.25, -0.2) is 0 Å². The summed E-state index contributed by atoms with van der Waals surface area (Å²) in [5, 5.41) is 15.9. The molecule has 0 aromatic heterocycles. The molecule has 1 aliphatic rings. The van der Waals surface area contributed by atoms with E-state index < -0.39 is 35.3 Å². The molecule has 1 heterocycles. The summed E-state index contributed by atoms with van der Waals surface area (Å²) < 4.78 is 39.8. The molecule has 1 aliphatic heterocycles. The second-order valence-corrected chi connectivity index (χ2v) is 5.95. The Labute approximate surface area is 158 Å². The topological polar surface area (TPSA) is 87.5 Å². The molecule has 1 fully saturated rings. The molecule has 0 aliphatic carbocycles. The lowest BCUT2D eigenvalue weighted by Crippen LogP contribution is -2.57. The maximum Gasteiger partial charge on any atom is 0.405 e. The summed E-state index contributed by atoms with van der Waals surface area (Å²) in [6, 6.07) is 1.36. The van der Waals surface area contributed by atoms with Crippen molar-refractivity contribution in [3.63, 3.8) is 0 Å². The van der Waals surface area contributed by atoms with Gasteiger partial charge < -0.3 is 10.6 Å². The molecule has 12 heteroatoms. The molecule has 146 valence electrons. The molecule has 7 nitrogen and oxygen atoms in total. The summed E-state index contributed by atoms with van der Waals surface area (Å²) in [5.74, 6) is -0.852. The predicted octanol–water partition coefficient (Wildman–Crippen LogP) is 2.24. The van der Waals surface area contributed by atoms with E-state index in [1.54, 1.807) is 0 Å². The van der Waals surface area contributed by atoms with Gasteiger partial charge >= 0.3 is 6.18 Å². The molecule has 26 heavy (non-hydrogen) atoms. The first kappa shape index (κ1) is 22.4. The van der Waals surface area contributed by atoms with Crippen molar-refractivity contribution in [2.24, 2.45) is 0 Å². The predicted molar refractivity (Wildman–Crippen MR) is 92.0 cm³/mol. The molecule has 2 rings (SSSR count). The van der Waals surface area contributed by atoms with E-state index in [0.717, 1.165) is 18.2 Å². The van der Waals surface area contributed by atoms with Crippen molar-refractivity contribution in [2.45, 2.75) is 12.2 Å². The van der Waals surface area contributed by atoms with Crippen LogP contribution in [0.1, 0.15) is 10.4 Å². The molecule has 1 atom stereocenters. The molecule has 1 aromatic carbocycles. The third-order valence-corrected chi connectivity index (χ3v) is 4.00. The van der Waals surface area contributed by atoms with Crippen molar-refractivity contribution in [3.8, 4) is 0 Å². The van der Waals surface area contributed by atoms with Crippen molar-refractivity contribution in [3.05, 3.63) is 38.9 Å². The van der Waals surface area contributed by atoms with E-state index in [1.165, 1.54) is 4.90 Å². The van der Waals surface area contributed by atoms with E-state index in [4.69, 9.17) is 11.6 Å². The van der Waals surface area contributed by atoms with Gasteiger partial charge in [0.05, 0.1) is 4.92 Å². The highest BCUT2D eigenvalue weighted by molar-refractivity contribution is 6.31. The highest BCUT2D eigenvalue weighted by atomic mass is 35.5. The number of halogens is 5. The standard InChI is InChI=1S/C14H16ClF3N4O3.ClH/c15-10-5-9(6-11(7-10)22(24)25)13(23)20-8-12(14(16,17)18)21-3-1-19-2-4-21;/h5-7,12,19H,1-4,8H2,(H,20,23);1H. The van der Waals surface area contributed by atoms with Crippen LogP contribution in [0.4, 0.5) is 18.9 Å². The Morgan fingerprint density at radius 3 is 2.50 bits per heavy atom. The minimum atomic E-state index is -4.51. The van der Waals surface area contributed by atoms with Crippen LogP contribution in [-0.2, 0) is 0 Å². The van der Waals surface area contributed by atoms with Gasteiger partial charge in [-0.3, -0.25) is 19.8 Å². The molecule has 0 spiro atoms. The van der Waals surface area contributed by atoms with Gasteiger partial charge in [0.15, 0.2) is 0 Å². The number of nitrogens with one attached hydrogen (secondary N) is 2. The Hall–Kier alpha value is -1.62. The lowest BCUT2D eigenvalue weighted by atomic mass is 10.1. The summed E-state index contributed by atoms with van der Waals surface area (Å²) in [6.45, 7) is 0.635. The number of benzene rings is 1. The van der Waals surface area contributed by atoms with Gasteiger partial charge in [0.25, 0.3) is 11.6 Å². The maximum atomic E-state index is 13.3. The SMILES string of the molecule is Cl.O=C(NCC(N1CCNCC1)C(F)(F)F)c1cc(Cl)cc([N+](=O)[O-])c1. The highest BCUT2D eigenvalue weighted by Gasteiger charge is 2.43. The first-order valence-electron chi connectivity index (χ1n) is 7.43. The normalized spacial score (nSPS) is 16.5. The molecule has 0 saturated carbocycles. The molecular formula is C14H17Cl2F3N4O3. The van der Waals surface area contributed by atoms with Crippen LogP contribution in [0.15, 0.2) is 18.2 Å². The smallest absolute Gasteiger partial charge is 0.350 e. The molecule has 2 N–H and O–H groups in total. The van der Waals surface area contributed by atoms with Crippen molar-refractivity contribution in [1.82, 2.24) is 15.5 Å². The zero-order chi connectivity index (χ0) is 18.6. The second-order valence-electron chi connectivity index (χ2n) is 5.51. The van der Waals surface area contributed by atoms with Gasteiger partial charge in [0.2, 0.25) is 0 Å². The lowest BCUT2D eigenvalue weighted by Gasteiger charge is -2.35. The number of non-ortho nitro benzene ring substituents is 1. The van der Waals surface area contributed by atoms with E-state index in [-0.39, 0.29) is 36.1 Å². The molecular weight excluding hydrogens is 400 g/mol. The maximum absolute atomic E-state index is 13.3. The number of carbonyl (C=O) groups excluding carboxylic acids is 1. The summed E-state index contributed by atoms with van der Waals surface area (Å²) in [5.41, 5.74) is -0.576. The zero-order valence-corrected chi connectivity index (χ0v) is 15.0. The van der Waals surface area contributed by atoms with Crippen LogP contribution < -0.4 is 10.6 Å². The fourth-order valence-corrected chi connectivity index (χ4v) is 2.78.